The second kappa shape index (κ2) is 7.40. The van der Waals surface area contributed by atoms with Gasteiger partial charge in [0.2, 0.25) is 5.91 Å². The molecule has 1 saturated carbocycles. The first-order valence-corrected chi connectivity index (χ1v) is 9.38. The average molecular weight is 383 g/mol. The van der Waals surface area contributed by atoms with Crippen molar-refractivity contribution in [2.24, 2.45) is 0 Å². The highest BCUT2D eigenvalue weighted by Gasteiger charge is 2.43. The number of benzene rings is 1. The summed E-state index contributed by atoms with van der Waals surface area (Å²) in [6, 6.07) is 8.23. The molecule has 3 nitrogen and oxygen atoms in total. The molecule has 1 amide bonds. The molecular formula is C19H20F3NO2S. The van der Waals surface area contributed by atoms with Crippen LogP contribution in [0.1, 0.15) is 47.8 Å². The predicted octanol–water partition coefficient (Wildman–Crippen LogP) is 4.43. The van der Waals surface area contributed by atoms with Crippen molar-refractivity contribution in [3.05, 3.63) is 57.8 Å². The zero-order chi connectivity index (χ0) is 18.8. The van der Waals surface area contributed by atoms with Crippen LogP contribution in [0.5, 0.6) is 0 Å². The summed E-state index contributed by atoms with van der Waals surface area (Å²) in [5.41, 5.74) is -0.969. The Morgan fingerprint density at radius 1 is 1.19 bits per heavy atom. The molecule has 2 N–H and O–H groups in total. The van der Waals surface area contributed by atoms with Crippen LogP contribution in [0.2, 0.25) is 0 Å². The van der Waals surface area contributed by atoms with E-state index in [4.69, 9.17) is 0 Å². The summed E-state index contributed by atoms with van der Waals surface area (Å²) in [6.45, 7) is -0.0304. The Morgan fingerprint density at radius 3 is 2.38 bits per heavy atom. The van der Waals surface area contributed by atoms with Crippen LogP contribution in [0, 0.1) is 0 Å². The molecule has 1 atom stereocenters. The smallest absolute Gasteiger partial charge is 0.387 e. The third-order valence-corrected chi connectivity index (χ3v) is 6.04. The molecule has 1 heterocycles. The topological polar surface area (TPSA) is 49.3 Å². The van der Waals surface area contributed by atoms with Gasteiger partial charge in [-0.25, -0.2) is 0 Å². The van der Waals surface area contributed by atoms with Crippen molar-refractivity contribution in [1.82, 2.24) is 5.32 Å². The number of carbonyl (C=O) groups excluding carboxylic acids is 1. The highest BCUT2D eigenvalue weighted by atomic mass is 32.1. The first-order chi connectivity index (χ1) is 12.3. The highest BCUT2D eigenvalue weighted by Crippen LogP contribution is 2.43. The quantitative estimate of drug-likeness (QED) is 0.803. The van der Waals surface area contributed by atoms with E-state index in [0.717, 1.165) is 42.7 Å². The molecule has 0 unspecified atom stereocenters. The number of alkyl halides is 3. The van der Waals surface area contributed by atoms with Crippen LogP contribution in [-0.2, 0) is 16.4 Å². The van der Waals surface area contributed by atoms with Gasteiger partial charge < -0.3 is 10.4 Å². The van der Waals surface area contributed by atoms with E-state index in [0.29, 0.717) is 5.56 Å². The van der Waals surface area contributed by atoms with Gasteiger partial charge in [0.1, 0.15) is 0 Å². The molecule has 1 aliphatic carbocycles. The van der Waals surface area contributed by atoms with Gasteiger partial charge in [0, 0.05) is 11.4 Å². The zero-order valence-electron chi connectivity index (χ0n) is 14.1. The van der Waals surface area contributed by atoms with Gasteiger partial charge in [0.15, 0.2) is 0 Å². The summed E-state index contributed by atoms with van der Waals surface area (Å²) < 4.78 is 37.8. The van der Waals surface area contributed by atoms with Crippen LogP contribution in [0.25, 0.3) is 0 Å². The number of aliphatic hydroxyl groups is 1. The van der Waals surface area contributed by atoms with Crippen LogP contribution in [0.15, 0.2) is 41.8 Å². The summed E-state index contributed by atoms with van der Waals surface area (Å²) >= 11 is 1.55. The minimum atomic E-state index is -4.41. The summed E-state index contributed by atoms with van der Waals surface area (Å²) in [4.78, 5) is 13.8. The number of aliphatic hydroxyl groups excluding tert-OH is 1. The van der Waals surface area contributed by atoms with Gasteiger partial charge in [0.05, 0.1) is 17.1 Å². The maximum absolute atomic E-state index is 12.8. The normalized spacial score (nSPS) is 17.8. The molecule has 1 aromatic carbocycles. The van der Waals surface area contributed by atoms with Gasteiger partial charge in [-0.1, -0.05) is 31.0 Å². The molecule has 0 aliphatic heterocycles. The summed E-state index contributed by atoms with van der Waals surface area (Å²) in [5.74, 6) is -0.122. The number of nitrogens with one attached hydrogen (secondary N) is 1. The number of hydrogen-bond donors (Lipinski definition) is 2. The van der Waals surface area contributed by atoms with Crippen LogP contribution in [-0.4, -0.2) is 17.6 Å². The molecule has 3 rings (SSSR count). The molecule has 140 valence electrons. The standard InChI is InChI=1S/C19H20F3NO2S/c20-19(21,22)14-7-5-13(6-8-14)15(24)12-23-17(25)18(9-1-2-10-18)16-4-3-11-26-16/h3-8,11,15,24H,1-2,9-10,12H2,(H,23,25)/t15-/m1/s1. The summed E-state index contributed by atoms with van der Waals surface area (Å²) in [7, 11) is 0. The molecule has 7 heteroatoms. The minimum Gasteiger partial charge on any atom is -0.387 e. The molecule has 1 aliphatic rings. The van der Waals surface area contributed by atoms with Crippen LogP contribution in [0.3, 0.4) is 0 Å². The summed E-state index contributed by atoms with van der Waals surface area (Å²) in [5, 5.41) is 15.0. The van der Waals surface area contributed by atoms with Crippen LogP contribution < -0.4 is 5.32 Å². The second-order valence-electron chi connectivity index (χ2n) is 6.61. The van der Waals surface area contributed by atoms with Gasteiger partial charge >= 0.3 is 6.18 Å². The lowest BCUT2D eigenvalue weighted by Crippen LogP contribution is -2.43. The highest BCUT2D eigenvalue weighted by molar-refractivity contribution is 7.10. The maximum Gasteiger partial charge on any atom is 0.416 e. The fraction of sp³-hybridized carbons (Fsp3) is 0.421. The van der Waals surface area contributed by atoms with E-state index >= 15 is 0 Å². The fourth-order valence-electron chi connectivity index (χ4n) is 3.49. The third-order valence-electron chi connectivity index (χ3n) is 4.96. The maximum atomic E-state index is 12.8. The van der Waals surface area contributed by atoms with Crippen molar-refractivity contribution in [3.63, 3.8) is 0 Å². The van der Waals surface area contributed by atoms with Crippen molar-refractivity contribution in [3.8, 4) is 0 Å². The SMILES string of the molecule is O=C(NC[C@@H](O)c1ccc(C(F)(F)F)cc1)C1(c2cccs2)CCCC1. The van der Waals surface area contributed by atoms with Gasteiger partial charge in [-0.15, -0.1) is 11.3 Å². The lowest BCUT2D eigenvalue weighted by atomic mass is 9.83. The number of halogens is 3. The van der Waals surface area contributed by atoms with E-state index in [2.05, 4.69) is 5.32 Å². The molecule has 1 fully saturated rings. The van der Waals surface area contributed by atoms with Crippen molar-refractivity contribution >= 4 is 17.2 Å². The van der Waals surface area contributed by atoms with E-state index in [1.54, 1.807) is 11.3 Å². The Labute approximate surface area is 153 Å². The Hall–Kier alpha value is -1.86. The Kier molecular flexibility index (Phi) is 5.39. The van der Waals surface area contributed by atoms with Gasteiger partial charge in [-0.2, -0.15) is 13.2 Å². The molecule has 0 bridgehead atoms. The molecule has 1 aromatic heterocycles. The van der Waals surface area contributed by atoms with E-state index in [1.165, 1.54) is 12.1 Å². The van der Waals surface area contributed by atoms with Crippen molar-refractivity contribution in [2.45, 2.75) is 43.4 Å². The van der Waals surface area contributed by atoms with Gasteiger partial charge in [0.25, 0.3) is 0 Å². The molecular weight excluding hydrogens is 363 g/mol. The van der Waals surface area contributed by atoms with E-state index in [9.17, 15) is 23.1 Å². The second-order valence-corrected chi connectivity index (χ2v) is 7.56. The Balaban J connectivity index is 1.65. The first kappa shape index (κ1) is 18.9. The van der Waals surface area contributed by atoms with Gasteiger partial charge in [-0.3, -0.25) is 4.79 Å². The summed E-state index contributed by atoms with van der Waals surface area (Å²) in [6.07, 6.45) is -1.96. The molecule has 0 radical (unpaired) electrons. The van der Waals surface area contributed by atoms with Crippen LogP contribution in [0.4, 0.5) is 13.2 Å². The average Bonchev–Trinajstić information content (AvgIpc) is 3.30. The Morgan fingerprint density at radius 2 is 1.85 bits per heavy atom. The van der Waals surface area contributed by atoms with Crippen molar-refractivity contribution in [1.29, 1.82) is 0 Å². The van der Waals surface area contributed by atoms with Crippen molar-refractivity contribution < 1.29 is 23.1 Å². The molecule has 26 heavy (non-hydrogen) atoms. The number of rotatable bonds is 5. The van der Waals surface area contributed by atoms with Gasteiger partial charge in [-0.05, 0) is 42.0 Å². The van der Waals surface area contributed by atoms with E-state index < -0.39 is 23.3 Å². The Bertz CT molecular complexity index is 735. The predicted molar refractivity (Wildman–Crippen MR) is 93.9 cm³/mol. The minimum absolute atomic E-state index is 0.0304. The lowest BCUT2D eigenvalue weighted by molar-refractivity contribution is -0.137. The largest absolute Gasteiger partial charge is 0.416 e. The number of hydrogen-bond acceptors (Lipinski definition) is 3. The monoisotopic (exact) mass is 383 g/mol. The molecule has 0 saturated heterocycles. The first-order valence-electron chi connectivity index (χ1n) is 8.50. The lowest BCUT2D eigenvalue weighted by Gasteiger charge is -2.27. The third kappa shape index (κ3) is 3.78. The number of carbonyl (C=O) groups is 1. The number of thiophene rings is 1. The zero-order valence-corrected chi connectivity index (χ0v) is 14.9. The molecule has 0 spiro atoms. The van der Waals surface area contributed by atoms with Crippen LogP contribution >= 0.6 is 11.3 Å². The number of amides is 1. The fourth-order valence-corrected chi connectivity index (χ4v) is 4.47. The van der Waals surface area contributed by atoms with E-state index in [1.807, 2.05) is 17.5 Å². The van der Waals surface area contributed by atoms with E-state index in [-0.39, 0.29) is 12.5 Å². The molecule has 2 aromatic rings. The van der Waals surface area contributed by atoms with Crippen molar-refractivity contribution in [2.75, 3.05) is 6.54 Å².